The van der Waals surface area contributed by atoms with E-state index in [-0.39, 0.29) is 5.25 Å². The van der Waals surface area contributed by atoms with Crippen molar-refractivity contribution in [1.29, 1.82) is 0 Å². The van der Waals surface area contributed by atoms with Crippen LogP contribution in [0.3, 0.4) is 0 Å². The first-order valence-electron chi connectivity index (χ1n) is 5.46. The highest BCUT2D eigenvalue weighted by molar-refractivity contribution is 7.91. The molecule has 0 amide bonds. The van der Waals surface area contributed by atoms with Crippen LogP contribution in [-0.2, 0) is 9.84 Å². The number of nitrogens with one attached hydrogen (secondary N) is 1. The van der Waals surface area contributed by atoms with E-state index in [0.29, 0.717) is 12.2 Å². The van der Waals surface area contributed by atoms with Crippen LogP contribution in [-0.4, -0.2) is 32.5 Å². The molecule has 3 nitrogen and oxygen atoms in total. The quantitative estimate of drug-likeness (QED) is 0.633. The standard InChI is InChI=1S/C10H23NO2S/c1-4-7-11-8-6-9-14(12,13)10(3)5-2/h10-11H,4-9H2,1-3H3. The van der Waals surface area contributed by atoms with Crippen LogP contribution in [0.2, 0.25) is 0 Å². The monoisotopic (exact) mass is 221 g/mol. The van der Waals surface area contributed by atoms with Crippen molar-refractivity contribution in [1.82, 2.24) is 5.32 Å². The van der Waals surface area contributed by atoms with Crippen molar-refractivity contribution >= 4 is 9.84 Å². The minimum atomic E-state index is -2.84. The van der Waals surface area contributed by atoms with Crippen LogP contribution in [0.25, 0.3) is 0 Å². The molecule has 0 aliphatic heterocycles. The van der Waals surface area contributed by atoms with E-state index in [4.69, 9.17) is 0 Å². The van der Waals surface area contributed by atoms with Crippen LogP contribution in [0.5, 0.6) is 0 Å². The summed E-state index contributed by atoms with van der Waals surface area (Å²) in [6.45, 7) is 7.59. The van der Waals surface area contributed by atoms with Crippen LogP contribution in [0.4, 0.5) is 0 Å². The average Bonchev–Trinajstić information content (AvgIpc) is 2.16. The van der Waals surface area contributed by atoms with Gasteiger partial charge in [0.2, 0.25) is 0 Å². The van der Waals surface area contributed by atoms with E-state index in [2.05, 4.69) is 12.2 Å². The maximum absolute atomic E-state index is 11.6. The fourth-order valence-electron chi connectivity index (χ4n) is 1.16. The Kier molecular flexibility index (Phi) is 7.19. The third-order valence-corrected chi connectivity index (χ3v) is 4.81. The molecule has 0 saturated carbocycles. The zero-order chi connectivity index (χ0) is 11.0. The van der Waals surface area contributed by atoms with Gasteiger partial charge in [0.15, 0.2) is 9.84 Å². The molecule has 86 valence electrons. The Bertz CT molecular complexity index is 224. The molecule has 0 aliphatic rings. The van der Waals surface area contributed by atoms with Gasteiger partial charge in [-0.25, -0.2) is 8.42 Å². The lowest BCUT2D eigenvalue weighted by Gasteiger charge is -2.10. The Morgan fingerprint density at radius 1 is 1.21 bits per heavy atom. The van der Waals surface area contributed by atoms with Gasteiger partial charge in [-0.1, -0.05) is 13.8 Å². The van der Waals surface area contributed by atoms with Gasteiger partial charge < -0.3 is 5.32 Å². The molecule has 0 aromatic heterocycles. The Morgan fingerprint density at radius 3 is 2.36 bits per heavy atom. The normalized spacial score (nSPS) is 14.2. The Balaban J connectivity index is 3.67. The third kappa shape index (κ3) is 5.60. The molecule has 0 saturated heterocycles. The zero-order valence-electron chi connectivity index (χ0n) is 9.54. The first-order chi connectivity index (χ1) is 6.54. The van der Waals surface area contributed by atoms with E-state index >= 15 is 0 Å². The smallest absolute Gasteiger partial charge is 0.152 e. The lowest BCUT2D eigenvalue weighted by Crippen LogP contribution is -2.24. The summed E-state index contributed by atoms with van der Waals surface area (Å²) in [6.07, 6.45) is 2.54. The molecule has 0 radical (unpaired) electrons. The predicted molar refractivity (Wildman–Crippen MR) is 61.3 cm³/mol. The lowest BCUT2D eigenvalue weighted by molar-refractivity contribution is 0.574. The van der Waals surface area contributed by atoms with Crippen LogP contribution in [0.1, 0.15) is 40.0 Å². The molecule has 0 aromatic rings. The van der Waals surface area contributed by atoms with Gasteiger partial charge in [0.1, 0.15) is 0 Å². The number of hydrogen-bond acceptors (Lipinski definition) is 3. The lowest BCUT2D eigenvalue weighted by atomic mass is 10.4. The summed E-state index contributed by atoms with van der Waals surface area (Å²) in [5.41, 5.74) is 0. The largest absolute Gasteiger partial charge is 0.317 e. The second-order valence-electron chi connectivity index (χ2n) is 3.69. The van der Waals surface area contributed by atoms with E-state index in [1.54, 1.807) is 6.92 Å². The van der Waals surface area contributed by atoms with Crippen LogP contribution in [0, 0.1) is 0 Å². The minimum Gasteiger partial charge on any atom is -0.317 e. The van der Waals surface area contributed by atoms with Crippen LogP contribution in [0.15, 0.2) is 0 Å². The van der Waals surface area contributed by atoms with E-state index in [1.807, 2.05) is 6.92 Å². The van der Waals surface area contributed by atoms with Gasteiger partial charge in [-0.2, -0.15) is 0 Å². The van der Waals surface area contributed by atoms with Gasteiger partial charge in [0.25, 0.3) is 0 Å². The van der Waals surface area contributed by atoms with Gasteiger partial charge in [0, 0.05) is 0 Å². The SMILES string of the molecule is CCCNCCCS(=O)(=O)C(C)CC. The second kappa shape index (κ2) is 7.23. The summed E-state index contributed by atoms with van der Waals surface area (Å²) >= 11 is 0. The molecule has 14 heavy (non-hydrogen) atoms. The Morgan fingerprint density at radius 2 is 1.86 bits per heavy atom. The Labute approximate surface area is 88.2 Å². The van der Waals surface area contributed by atoms with E-state index < -0.39 is 9.84 Å². The molecule has 0 fully saturated rings. The minimum absolute atomic E-state index is 0.186. The molecule has 1 atom stereocenters. The number of hydrogen-bond donors (Lipinski definition) is 1. The Hall–Kier alpha value is -0.0900. The maximum Gasteiger partial charge on any atom is 0.152 e. The number of rotatable bonds is 8. The van der Waals surface area contributed by atoms with E-state index in [0.717, 1.165) is 25.9 Å². The molecule has 1 unspecified atom stereocenters. The predicted octanol–water partition coefficient (Wildman–Crippen LogP) is 1.59. The van der Waals surface area contributed by atoms with Crippen molar-refractivity contribution in [2.45, 2.75) is 45.3 Å². The van der Waals surface area contributed by atoms with E-state index in [1.165, 1.54) is 0 Å². The van der Waals surface area contributed by atoms with Gasteiger partial charge in [0.05, 0.1) is 11.0 Å². The van der Waals surface area contributed by atoms with Gasteiger partial charge in [-0.3, -0.25) is 0 Å². The summed E-state index contributed by atoms with van der Waals surface area (Å²) in [6, 6.07) is 0. The molecule has 0 heterocycles. The zero-order valence-corrected chi connectivity index (χ0v) is 10.4. The molecule has 0 rings (SSSR count). The summed E-state index contributed by atoms with van der Waals surface area (Å²) < 4.78 is 23.1. The fraction of sp³-hybridized carbons (Fsp3) is 1.00. The van der Waals surface area contributed by atoms with Gasteiger partial charge in [-0.05, 0) is 39.3 Å². The molecule has 0 aromatic carbocycles. The van der Waals surface area contributed by atoms with Gasteiger partial charge in [-0.15, -0.1) is 0 Å². The highest BCUT2D eigenvalue weighted by Crippen LogP contribution is 2.06. The molecule has 0 aliphatic carbocycles. The van der Waals surface area contributed by atoms with Crippen molar-refractivity contribution in [3.05, 3.63) is 0 Å². The van der Waals surface area contributed by atoms with Crippen molar-refractivity contribution in [2.24, 2.45) is 0 Å². The van der Waals surface area contributed by atoms with Crippen LogP contribution < -0.4 is 5.32 Å². The summed E-state index contributed by atoms with van der Waals surface area (Å²) in [4.78, 5) is 0. The second-order valence-corrected chi connectivity index (χ2v) is 6.23. The van der Waals surface area contributed by atoms with Crippen molar-refractivity contribution in [3.8, 4) is 0 Å². The molecular formula is C10H23NO2S. The molecule has 0 spiro atoms. The highest BCUT2D eigenvalue weighted by atomic mass is 32.2. The van der Waals surface area contributed by atoms with Gasteiger partial charge >= 0.3 is 0 Å². The van der Waals surface area contributed by atoms with Crippen molar-refractivity contribution in [2.75, 3.05) is 18.8 Å². The maximum atomic E-state index is 11.6. The summed E-state index contributed by atoms with van der Waals surface area (Å²) in [7, 11) is -2.84. The molecular weight excluding hydrogens is 198 g/mol. The van der Waals surface area contributed by atoms with Crippen molar-refractivity contribution < 1.29 is 8.42 Å². The first kappa shape index (κ1) is 13.9. The first-order valence-corrected chi connectivity index (χ1v) is 7.18. The molecule has 0 bridgehead atoms. The highest BCUT2D eigenvalue weighted by Gasteiger charge is 2.17. The average molecular weight is 221 g/mol. The summed E-state index contributed by atoms with van der Waals surface area (Å²) in [5, 5.41) is 3.01. The fourth-order valence-corrected chi connectivity index (χ4v) is 2.61. The number of sulfone groups is 1. The third-order valence-electron chi connectivity index (χ3n) is 2.40. The van der Waals surface area contributed by atoms with Crippen LogP contribution >= 0.6 is 0 Å². The topological polar surface area (TPSA) is 46.2 Å². The van der Waals surface area contributed by atoms with Crippen molar-refractivity contribution in [3.63, 3.8) is 0 Å². The van der Waals surface area contributed by atoms with E-state index in [9.17, 15) is 8.42 Å². The molecule has 4 heteroatoms. The molecule has 1 N–H and O–H groups in total. The summed E-state index contributed by atoms with van der Waals surface area (Å²) in [5.74, 6) is 0.318.